The van der Waals surface area contributed by atoms with Crippen LogP contribution in [-0.2, 0) is 11.3 Å². The molecular weight excluding hydrogens is 490 g/mol. The summed E-state index contributed by atoms with van der Waals surface area (Å²) >= 11 is 0. The number of carbonyl (C=O) groups excluding carboxylic acids is 1. The lowest BCUT2D eigenvalue weighted by Gasteiger charge is -2.31. The summed E-state index contributed by atoms with van der Waals surface area (Å²) in [5, 5.41) is 8.39. The molecule has 204 valence electrons. The number of amides is 1. The van der Waals surface area contributed by atoms with Crippen LogP contribution in [0.3, 0.4) is 0 Å². The Morgan fingerprint density at radius 3 is 2.71 bits per heavy atom. The fourth-order valence-electron chi connectivity index (χ4n) is 5.63. The van der Waals surface area contributed by atoms with Crippen LogP contribution < -0.4 is 10.1 Å². The van der Waals surface area contributed by atoms with Crippen LogP contribution in [0.5, 0.6) is 11.5 Å². The number of nitrogens with one attached hydrogen (secondary N) is 1. The maximum atomic E-state index is 14.4. The molecule has 1 saturated heterocycles. The first-order valence-corrected chi connectivity index (χ1v) is 13.7. The first kappa shape index (κ1) is 26.6. The van der Waals surface area contributed by atoms with Crippen LogP contribution in [0.4, 0.5) is 8.78 Å². The van der Waals surface area contributed by atoms with Gasteiger partial charge in [-0.3, -0.25) is 14.4 Å². The molecule has 2 aromatic carbocycles. The lowest BCUT2D eigenvalue weighted by molar-refractivity contribution is 0.0318. The maximum absolute atomic E-state index is 14.4. The zero-order chi connectivity index (χ0) is 26.5. The summed E-state index contributed by atoms with van der Waals surface area (Å²) in [6.45, 7) is 3.78. The molecule has 1 atom stereocenters. The topological polar surface area (TPSA) is 68.6 Å². The third-order valence-corrected chi connectivity index (χ3v) is 7.77. The minimum Gasteiger partial charge on any atom is -0.453 e. The first-order chi connectivity index (χ1) is 18.5. The van der Waals surface area contributed by atoms with Gasteiger partial charge in [0.15, 0.2) is 11.6 Å². The van der Waals surface area contributed by atoms with Gasteiger partial charge in [0, 0.05) is 44.7 Å². The van der Waals surface area contributed by atoms with Crippen molar-refractivity contribution in [3.8, 4) is 11.5 Å². The van der Waals surface area contributed by atoms with Crippen LogP contribution in [0.2, 0.25) is 0 Å². The fraction of sp³-hybridized carbons (Fsp3) is 0.517. The normalized spacial score (nSPS) is 19.1. The van der Waals surface area contributed by atoms with Crippen molar-refractivity contribution in [1.82, 2.24) is 20.0 Å². The third-order valence-electron chi connectivity index (χ3n) is 7.77. The second-order valence-corrected chi connectivity index (χ2v) is 10.5. The number of fused-ring (bicyclic) bond motifs is 1. The van der Waals surface area contributed by atoms with Crippen LogP contribution in [0, 0.1) is 17.6 Å². The highest BCUT2D eigenvalue weighted by Crippen LogP contribution is 2.33. The number of likely N-dealkylation sites (tertiary alicyclic amines) is 1. The van der Waals surface area contributed by atoms with Gasteiger partial charge >= 0.3 is 0 Å². The average molecular weight is 527 g/mol. The van der Waals surface area contributed by atoms with Gasteiger partial charge in [-0.15, -0.1) is 0 Å². The lowest BCUT2D eigenvalue weighted by Crippen LogP contribution is -2.43. The van der Waals surface area contributed by atoms with E-state index in [1.54, 1.807) is 25.4 Å². The van der Waals surface area contributed by atoms with Crippen LogP contribution in [0.15, 0.2) is 36.5 Å². The molecular formula is C29H36F2N4O3. The smallest absolute Gasteiger partial charge is 0.255 e. The predicted octanol–water partition coefficient (Wildman–Crippen LogP) is 5.53. The molecule has 2 heterocycles. The van der Waals surface area contributed by atoms with Crippen LogP contribution >= 0.6 is 0 Å². The summed E-state index contributed by atoms with van der Waals surface area (Å²) in [6, 6.07) is 6.61. The number of benzene rings is 2. The highest BCUT2D eigenvalue weighted by atomic mass is 19.1. The Labute approximate surface area is 222 Å². The van der Waals surface area contributed by atoms with Crippen LogP contribution in [0.25, 0.3) is 10.9 Å². The van der Waals surface area contributed by atoms with Crippen molar-refractivity contribution < 1.29 is 23.0 Å². The number of carbonyl (C=O) groups is 1. The summed E-state index contributed by atoms with van der Waals surface area (Å²) < 4.78 is 41.2. The van der Waals surface area contributed by atoms with Gasteiger partial charge in [-0.1, -0.05) is 19.3 Å². The number of nitrogens with zero attached hydrogens (tertiary/aromatic N) is 3. The SMILES string of the molecule is COC1CCCN(CCNC(=O)c2cc3c(cnn3CC3CCCCC3)cc2Oc2ccc(F)cc2F)C1. The molecule has 1 aliphatic carbocycles. The molecule has 1 aromatic heterocycles. The van der Waals surface area contributed by atoms with E-state index in [-0.39, 0.29) is 23.5 Å². The minimum absolute atomic E-state index is 0.145. The number of rotatable bonds is 9. The molecule has 2 aliphatic rings. The molecule has 3 aromatic rings. The van der Waals surface area contributed by atoms with E-state index in [9.17, 15) is 13.6 Å². The summed E-state index contributed by atoms with van der Waals surface area (Å²) in [7, 11) is 1.73. The Hall–Kier alpha value is -3.04. The van der Waals surface area contributed by atoms with Crippen molar-refractivity contribution in [1.29, 1.82) is 0 Å². The number of halogens is 2. The monoisotopic (exact) mass is 526 g/mol. The molecule has 1 amide bonds. The zero-order valence-electron chi connectivity index (χ0n) is 21.9. The van der Waals surface area contributed by atoms with Crippen LogP contribution in [0.1, 0.15) is 55.3 Å². The van der Waals surface area contributed by atoms with Crippen molar-refractivity contribution >= 4 is 16.8 Å². The molecule has 0 radical (unpaired) electrons. The molecule has 9 heteroatoms. The lowest BCUT2D eigenvalue weighted by atomic mass is 9.89. The van der Waals surface area contributed by atoms with E-state index in [0.29, 0.717) is 24.6 Å². The summed E-state index contributed by atoms with van der Waals surface area (Å²) in [6.07, 6.45) is 10.2. The number of aromatic nitrogens is 2. The van der Waals surface area contributed by atoms with Gasteiger partial charge in [0.1, 0.15) is 11.6 Å². The highest BCUT2D eigenvalue weighted by Gasteiger charge is 2.22. The average Bonchev–Trinajstić information content (AvgIpc) is 3.31. The Kier molecular flexibility index (Phi) is 8.54. The summed E-state index contributed by atoms with van der Waals surface area (Å²) in [4.78, 5) is 15.7. The second-order valence-electron chi connectivity index (χ2n) is 10.5. The van der Waals surface area contributed by atoms with Gasteiger partial charge < -0.3 is 14.8 Å². The molecule has 7 nitrogen and oxygen atoms in total. The highest BCUT2D eigenvalue weighted by molar-refractivity contribution is 6.01. The van der Waals surface area contributed by atoms with Crippen molar-refractivity contribution in [3.63, 3.8) is 0 Å². The van der Waals surface area contributed by atoms with E-state index >= 15 is 0 Å². The molecule has 0 spiro atoms. The van der Waals surface area contributed by atoms with Gasteiger partial charge in [0.05, 0.1) is 23.4 Å². The van der Waals surface area contributed by atoms with Gasteiger partial charge in [0.2, 0.25) is 0 Å². The molecule has 0 bridgehead atoms. The Bertz CT molecular complexity index is 1260. The number of hydrogen-bond acceptors (Lipinski definition) is 5. The van der Waals surface area contributed by atoms with Gasteiger partial charge in [-0.2, -0.15) is 5.10 Å². The zero-order valence-corrected chi connectivity index (χ0v) is 21.9. The predicted molar refractivity (Wildman–Crippen MR) is 142 cm³/mol. The van der Waals surface area contributed by atoms with E-state index in [1.807, 2.05) is 4.68 Å². The third kappa shape index (κ3) is 6.32. The largest absolute Gasteiger partial charge is 0.453 e. The molecule has 1 saturated carbocycles. The number of hydrogen-bond donors (Lipinski definition) is 1. The van der Waals surface area contributed by atoms with E-state index in [2.05, 4.69) is 15.3 Å². The molecule has 5 rings (SSSR count). The van der Waals surface area contributed by atoms with Crippen molar-refractivity contribution in [2.24, 2.45) is 5.92 Å². The standard InChI is InChI=1S/C29H36F2N4O3/c1-37-23-8-5-12-34(19-23)13-11-32-29(36)24-16-26-21(17-33-35(26)18-20-6-3-2-4-7-20)14-28(24)38-27-10-9-22(30)15-25(27)31/h9-10,14-17,20,23H,2-8,11-13,18-19H2,1H3,(H,32,36). The van der Waals surface area contributed by atoms with Gasteiger partial charge in [-0.05, 0) is 62.4 Å². The molecule has 38 heavy (non-hydrogen) atoms. The second kappa shape index (κ2) is 12.2. The van der Waals surface area contributed by atoms with Crippen molar-refractivity contribution in [3.05, 3.63) is 53.7 Å². The van der Waals surface area contributed by atoms with E-state index in [1.165, 1.54) is 38.2 Å². The van der Waals surface area contributed by atoms with E-state index in [0.717, 1.165) is 55.5 Å². The number of ether oxygens (including phenoxy) is 2. The van der Waals surface area contributed by atoms with Crippen molar-refractivity contribution in [2.75, 3.05) is 33.3 Å². The van der Waals surface area contributed by atoms with Gasteiger partial charge in [-0.25, -0.2) is 8.78 Å². The quantitative estimate of drug-likeness (QED) is 0.397. The first-order valence-electron chi connectivity index (χ1n) is 13.7. The van der Waals surface area contributed by atoms with E-state index in [4.69, 9.17) is 9.47 Å². The maximum Gasteiger partial charge on any atom is 0.255 e. The number of methoxy groups -OCH3 is 1. The molecule has 1 aliphatic heterocycles. The van der Waals surface area contributed by atoms with Gasteiger partial charge in [0.25, 0.3) is 5.91 Å². The molecule has 2 fully saturated rings. The summed E-state index contributed by atoms with van der Waals surface area (Å²) in [5.74, 6) is -1.21. The van der Waals surface area contributed by atoms with Crippen molar-refractivity contribution in [2.45, 2.75) is 57.6 Å². The Morgan fingerprint density at radius 2 is 1.92 bits per heavy atom. The minimum atomic E-state index is -0.831. The fourth-order valence-corrected chi connectivity index (χ4v) is 5.63. The molecule has 1 unspecified atom stereocenters. The Morgan fingerprint density at radius 1 is 1.08 bits per heavy atom. The van der Waals surface area contributed by atoms with Crippen LogP contribution in [-0.4, -0.2) is 60.0 Å². The number of piperidine rings is 1. The summed E-state index contributed by atoms with van der Waals surface area (Å²) in [5.41, 5.74) is 1.13. The van der Waals surface area contributed by atoms with E-state index < -0.39 is 11.6 Å². The Balaban J connectivity index is 1.37. The molecule has 1 N–H and O–H groups in total.